The van der Waals surface area contributed by atoms with E-state index in [1.54, 1.807) is 4.90 Å². The molecule has 4 aromatic carbocycles. The molecule has 11 rings (SSSR count). The second-order valence-electron chi connectivity index (χ2n) is 18.5. The van der Waals surface area contributed by atoms with Gasteiger partial charge in [-0.05, 0) is 102 Å². The van der Waals surface area contributed by atoms with Crippen molar-refractivity contribution >= 4 is 35.0 Å². The first-order valence-corrected chi connectivity index (χ1v) is 22.1. The molecular formula is C49H52N6O6. The molecule has 12 nitrogen and oxygen atoms in total. The smallest absolute Gasteiger partial charge is 0.255 e. The normalized spacial score (nSPS) is 25.5. The number of phenols is 1. The van der Waals surface area contributed by atoms with Gasteiger partial charge in [0, 0.05) is 75.0 Å². The number of anilines is 2. The number of benzene rings is 4. The molecule has 12 heteroatoms. The summed E-state index contributed by atoms with van der Waals surface area (Å²) in [5.41, 5.74) is 9.06. The summed E-state index contributed by atoms with van der Waals surface area (Å²) in [5.74, 6) is 0.884. The predicted molar refractivity (Wildman–Crippen MR) is 230 cm³/mol. The summed E-state index contributed by atoms with van der Waals surface area (Å²) in [7, 11) is 0. The summed E-state index contributed by atoms with van der Waals surface area (Å²) in [6.07, 6.45) is 4.79. The maximum atomic E-state index is 13.7. The first-order chi connectivity index (χ1) is 29.7. The van der Waals surface area contributed by atoms with E-state index in [0.717, 1.165) is 63.1 Å². The fourth-order valence-corrected chi connectivity index (χ4v) is 11.7. The lowest BCUT2D eigenvalue weighted by atomic mass is 9.69. The predicted octanol–water partition coefficient (Wildman–Crippen LogP) is 5.03. The number of hydrogen-bond donors (Lipinski definition) is 2. The van der Waals surface area contributed by atoms with Crippen LogP contribution >= 0.6 is 0 Å². The van der Waals surface area contributed by atoms with E-state index >= 15 is 0 Å². The highest BCUT2D eigenvalue weighted by atomic mass is 16.5. The summed E-state index contributed by atoms with van der Waals surface area (Å²) in [4.78, 5) is 62.1. The molecule has 4 aromatic rings. The van der Waals surface area contributed by atoms with Crippen molar-refractivity contribution < 1.29 is 29.0 Å². The molecule has 4 amide bonds. The van der Waals surface area contributed by atoms with E-state index < -0.39 is 11.9 Å². The number of piperidine rings is 2. The highest BCUT2D eigenvalue weighted by Gasteiger charge is 2.47. The number of amides is 4. The van der Waals surface area contributed by atoms with Crippen LogP contribution in [-0.4, -0.2) is 114 Å². The minimum atomic E-state index is -0.671. The van der Waals surface area contributed by atoms with Gasteiger partial charge in [0.1, 0.15) is 24.1 Å². The maximum absolute atomic E-state index is 13.7. The van der Waals surface area contributed by atoms with Crippen molar-refractivity contribution in [3.8, 4) is 11.5 Å². The molecule has 7 aliphatic rings. The fraction of sp³-hybridized carbons (Fsp3) is 0.429. The topological polar surface area (TPSA) is 126 Å². The molecule has 314 valence electrons. The molecule has 2 N–H and O–H groups in total. The molecule has 6 aliphatic heterocycles. The van der Waals surface area contributed by atoms with E-state index in [0.29, 0.717) is 62.2 Å². The zero-order chi connectivity index (χ0) is 41.4. The van der Waals surface area contributed by atoms with Crippen LogP contribution in [0.25, 0.3) is 0 Å². The number of nitrogens with one attached hydrogen (secondary N) is 1. The molecule has 1 aliphatic carbocycles. The quantitative estimate of drug-likeness (QED) is 0.258. The monoisotopic (exact) mass is 820 g/mol. The van der Waals surface area contributed by atoms with E-state index in [-0.39, 0.29) is 48.1 Å². The number of aryl methyl sites for hydroxylation is 1. The summed E-state index contributed by atoms with van der Waals surface area (Å²) < 4.78 is 6.36. The van der Waals surface area contributed by atoms with Crippen LogP contribution in [0.2, 0.25) is 0 Å². The van der Waals surface area contributed by atoms with Crippen molar-refractivity contribution in [2.75, 3.05) is 68.8 Å². The number of nitrogens with zero attached hydrogens (tertiary/aromatic N) is 5. The Morgan fingerprint density at radius 2 is 1.64 bits per heavy atom. The van der Waals surface area contributed by atoms with Crippen LogP contribution in [0.4, 0.5) is 11.4 Å². The van der Waals surface area contributed by atoms with E-state index in [1.807, 2.05) is 29.2 Å². The molecule has 0 radical (unpaired) electrons. The van der Waals surface area contributed by atoms with Gasteiger partial charge in [0.15, 0.2) is 0 Å². The number of aromatic hydroxyl groups is 1. The van der Waals surface area contributed by atoms with Gasteiger partial charge in [0.2, 0.25) is 17.7 Å². The molecule has 4 saturated heterocycles. The number of carbonyl (C=O) groups excluding carboxylic acids is 4. The van der Waals surface area contributed by atoms with E-state index in [9.17, 15) is 24.3 Å². The van der Waals surface area contributed by atoms with Crippen LogP contribution in [0.1, 0.15) is 82.1 Å². The molecule has 0 aromatic heterocycles. The fourth-order valence-electron chi connectivity index (χ4n) is 11.7. The molecule has 6 heterocycles. The highest BCUT2D eigenvalue weighted by molar-refractivity contribution is 6.06. The van der Waals surface area contributed by atoms with Gasteiger partial charge in [0.25, 0.3) is 5.91 Å². The standard InChI is InChI=1S/C49H52N6O6/c56-36-11-13-38-33(24-36)8-12-37(31-4-2-1-3-5-31)45(38)32-6-9-34(10-7-32)52-20-18-49(19-21-52)29-51(30-49)27-44(58)53-22-23-54-35(25-53)28-61-46-40-26-55(42-16-17-43(57)50-47(42)59)48(60)39(40)14-15-41(46)54/h1-7,9-11,13-15,24,35,37,42,45,56H,8,12,16-23,25-30H2,(H,50,57,59)/t35-,37-,42?,45+/m1/s1. The molecule has 1 spiro atoms. The van der Waals surface area contributed by atoms with Crippen LogP contribution in [0, 0.1) is 5.41 Å². The minimum Gasteiger partial charge on any atom is -0.508 e. The first kappa shape index (κ1) is 38.1. The van der Waals surface area contributed by atoms with Crippen LogP contribution in [0.15, 0.2) is 84.9 Å². The molecule has 4 atom stereocenters. The summed E-state index contributed by atoms with van der Waals surface area (Å²) in [5, 5.41) is 12.6. The summed E-state index contributed by atoms with van der Waals surface area (Å²) >= 11 is 0. The van der Waals surface area contributed by atoms with E-state index in [4.69, 9.17) is 4.74 Å². The number of hydrogen-bond acceptors (Lipinski definition) is 9. The second kappa shape index (κ2) is 14.9. The zero-order valence-corrected chi connectivity index (χ0v) is 34.4. The lowest BCUT2D eigenvalue weighted by molar-refractivity contribution is -0.138. The Morgan fingerprint density at radius 3 is 2.43 bits per heavy atom. The van der Waals surface area contributed by atoms with Gasteiger partial charge < -0.3 is 29.4 Å². The average molecular weight is 821 g/mol. The van der Waals surface area contributed by atoms with Crippen molar-refractivity contribution in [3.05, 3.63) is 118 Å². The van der Waals surface area contributed by atoms with Gasteiger partial charge in [-0.3, -0.25) is 29.4 Å². The SMILES string of the molecule is O=C1CCC(N2Cc3c(ccc4c3OC[C@H]3CN(C(=O)CN5CC6(CCN(c7ccc([C@@H]8c9ccc(O)cc9CC[C@@H]8c8ccccc8)cc7)CC6)C5)CCN43)C2=O)C(=O)N1. The lowest BCUT2D eigenvalue weighted by Gasteiger charge is -2.54. The first-order valence-electron chi connectivity index (χ1n) is 22.1. The third-order valence-electron chi connectivity index (χ3n) is 14.9. The van der Waals surface area contributed by atoms with Gasteiger partial charge in [-0.15, -0.1) is 0 Å². The second-order valence-corrected chi connectivity index (χ2v) is 18.5. The molecule has 0 saturated carbocycles. The minimum absolute atomic E-state index is 0.0194. The van der Waals surface area contributed by atoms with Gasteiger partial charge in [0.05, 0.1) is 24.8 Å². The van der Waals surface area contributed by atoms with Gasteiger partial charge in [-0.1, -0.05) is 48.5 Å². The van der Waals surface area contributed by atoms with Gasteiger partial charge >= 0.3 is 0 Å². The van der Waals surface area contributed by atoms with Crippen LogP contribution in [-0.2, 0) is 27.3 Å². The Bertz CT molecular complexity index is 2410. The summed E-state index contributed by atoms with van der Waals surface area (Å²) in [6.45, 7) is 6.98. The Kier molecular flexibility index (Phi) is 9.32. The van der Waals surface area contributed by atoms with Crippen molar-refractivity contribution in [1.29, 1.82) is 0 Å². The molecule has 0 bridgehead atoms. The molecule has 4 fully saturated rings. The van der Waals surface area contributed by atoms with Crippen molar-refractivity contribution in [2.24, 2.45) is 5.41 Å². The van der Waals surface area contributed by atoms with Gasteiger partial charge in [-0.25, -0.2) is 0 Å². The molecule has 1 unspecified atom stereocenters. The third-order valence-corrected chi connectivity index (χ3v) is 14.9. The number of ether oxygens (including phenoxy) is 1. The van der Waals surface area contributed by atoms with Crippen molar-refractivity contribution in [1.82, 2.24) is 20.0 Å². The van der Waals surface area contributed by atoms with Crippen LogP contribution in [0.3, 0.4) is 0 Å². The Labute approximate surface area is 356 Å². The Morgan fingerprint density at radius 1 is 0.836 bits per heavy atom. The average Bonchev–Trinajstić information content (AvgIpc) is 3.61. The van der Waals surface area contributed by atoms with Crippen LogP contribution < -0.4 is 19.9 Å². The molecular weight excluding hydrogens is 769 g/mol. The number of rotatable bonds is 6. The zero-order valence-electron chi connectivity index (χ0n) is 34.4. The number of imide groups is 1. The van der Waals surface area contributed by atoms with Crippen LogP contribution in [0.5, 0.6) is 11.5 Å². The number of fused-ring (bicyclic) bond motifs is 6. The van der Waals surface area contributed by atoms with Gasteiger partial charge in [-0.2, -0.15) is 0 Å². The number of piperazine rings is 1. The van der Waals surface area contributed by atoms with E-state index in [1.165, 1.54) is 27.9 Å². The molecule has 61 heavy (non-hydrogen) atoms. The lowest BCUT2D eigenvalue weighted by Crippen LogP contribution is -2.64. The van der Waals surface area contributed by atoms with E-state index in [2.05, 4.69) is 80.7 Å². The summed E-state index contributed by atoms with van der Waals surface area (Å²) in [6, 6.07) is 29.1. The highest BCUT2D eigenvalue weighted by Crippen LogP contribution is 2.48. The number of phenolic OH excluding ortho intramolecular Hbond substituents is 1. The number of likely N-dealkylation sites (tertiary alicyclic amines) is 1. The largest absolute Gasteiger partial charge is 0.508 e. The van der Waals surface area contributed by atoms with Crippen molar-refractivity contribution in [3.63, 3.8) is 0 Å². The third kappa shape index (κ3) is 6.70. The maximum Gasteiger partial charge on any atom is 0.255 e. The van der Waals surface area contributed by atoms with Crippen molar-refractivity contribution in [2.45, 2.75) is 69.0 Å². The Balaban J connectivity index is 0.679. The Hall–Kier alpha value is -5.88. The number of carbonyl (C=O) groups is 4.